The summed E-state index contributed by atoms with van der Waals surface area (Å²) in [5, 5.41) is 0. The summed E-state index contributed by atoms with van der Waals surface area (Å²) >= 11 is 0. The van der Waals surface area contributed by atoms with Gasteiger partial charge >= 0.3 is 0 Å². The van der Waals surface area contributed by atoms with E-state index in [4.69, 9.17) is 4.74 Å². The molecule has 1 aliphatic heterocycles. The maximum atomic E-state index is 5.96. The van der Waals surface area contributed by atoms with Crippen molar-refractivity contribution in [2.45, 2.75) is 19.4 Å². The molecule has 0 saturated carbocycles. The van der Waals surface area contributed by atoms with Crippen LogP contribution in [0.5, 0.6) is 0 Å². The molecule has 1 unspecified atom stereocenters. The molecule has 0 amide bonds. The van der Waals surface area contributed by atoms with Gasteiger partial charge in [0.25, 0.3) is 0 Å². The average molecular weight is 250 g/mol. The second-order valence-electron chi connectivity index (χ2n) is 5.02. The van der Waals surface area contributed by atoms with Crippen LogP contribution in [-0.2, 0) is 11.2 Å². The average Bonchev–Trinajstić information content (AvgIpc) is 2.82. The third-order valence-corrected chi connectivity index (χ3v) is 3.77. The van der Waals surface area contributed by atoms with Crippen LogP contribution in [0.25, 0.3) is 5.57 Å². The molecule has 0 N–H and O–H groups in total. The van der Waals surface area contributed by atoms with Crippen LogP contribution < -0.4 is 0 Å². The van der Waals surface area contributed by atoms with E-state index in [1.807, 2.05) is 0 Å². The van der Waals surface area contributed by atoms with Crippen LogP contribution >= 0.6 is 0 Å². The fourth-order valence-electron chi connectivity index (χ4n) is 2.61. The van der Waals surface area contributed by atoms with Gasteiger partial charge < -0.3 is 4.74 Å². The van der Waals surface area contributed by atoms with Gasteiger partial charge in [-0.15, -0.1) is 0 Å². The Morgan fingerprint density at radius 2 is 1.58 bits per heavy atom. The standard InChI is InChI=1S/C18H18O/c1-14-17(16-10-6-3-7-11-16)13-19-18(14)12-15-8-4-2-5-9-15/h2-11,18H,12-13H2,1H3. The molecule has 19 heavy (non-hydrogen) atoms. The molecule has 0 aromatic heterocycles. The normalized spacial score (nSPS) is 18.9. The van der Waals surface area contributed by atoms with E-state index in [1.165, 1.54) is 22.3 Å². The molecule has 96 valence electrons. The number of hydrogen-bond acceptors (Lipinski definition) is 1. The second-order valence-corrected chi connectivity index (χ2v) is 5.02. The molecule has 0 aliphatic carbocycles. The van der Waals surface area contributed by atoms with Gasteiger partial charge in [0, 0.05) is 6.42 Å². The van der Waals surface area contributed by atoms with Crippen molar-refractivity contribution in [2.24, 2.45) is 0 Å². The van der Waals surface area contributed by atoms with E-state index >= 15 is 0 Å². The van der Waals surface area contributed by atoms with Crippen LogP contribution in [-0.4, -0.2) is 12.7 Å². The minimum absolute atomic E-state index is 0.220. The fourth-order valence-corrected chi connectivity index (χ4v) is 2.61. The molecule has 0 spiro atoms. The van der Waals surface area contributed by atoms with Crippen LogP contribution in [0.15, 0.2) is 66.2 Å². The molecule has 1 aliphatic rings. The van der Waals surface area contributed by atoms with Gasteiger partial charge in [-0.3, -0.25) is 0 Å². The first-order valence-corrected chi connectivity index (χ1v) is 6.75. The minimum atomic E-state index is 0.220. The summed E-state index contributed by atoms with van der Waals surface area (Å²) in [5.74, 6) is 0. The van der Waals surface area contributed by atoms with Gasteiger partial charge in [-0.25, -0.2) is 0 Å². The van der Waals surface area contributed by atoms with E-state index < -0.39 is 0 Å². The predicted molar refractivity (Wildman–Crippen MR) is 78.9 cm³/mol. The van der Waals surface area contributed by atoms with E-state index in [2.05, 4.69) is 67.6 Å². The van der Waals surface area contributed by atoms with Crippen molar-refractivity contribution in [2.75, 3.05) is 6.61 Å². The highest BCUT2D eigenvalue weighted by atomic mass is 16.5. The summed E-state index contributed by atoms with van der Waals surface area (Å²) in [6.07, 6.45) is 1.18. The second kappa shape index (κ2) is 5.41. The van der Waals surface area contributed by atoms with Gasteiger partial charge in [0.05, 0.1) is 12.7 Å². The van der Waals surface area contributed by atoms with Crippen molar-refractivity contribution in [1.29, 1.82) is 0 Å². The summed E-state index contributed by atoms with van der Waals surface area (Å²) in [4.78, 5) is 0. The Bertz CT molecular complexity index is 569. The summed E-state index contributed by atoms with van der Waals surface area (Å²) in [5.41, 5.74) is 5.34. The Labute approximate surface area is 114 Å². The van der Waals surface area contributed by atoms with Crippen LogP contribution in [0.2, 0.25) is 0 Å². The van der Waals surface area contributed by atoms with Crippen molar-refractivity contribution in [3.05, 3.63) is 77.4 Å². The first-order chi connectivity index (χ1) is 9.34. The zero-order valence-electron chi connectivity index (χ0n) is 11.2. The topological polar surface area (TPSA) is 9.23 Å². The van der Waals surface area contributed by atoms with Gasteiger partial charge in [0.2, 0.25) is 0 Å². The van der Waals surface area contributed by atoms with Crippen molar-refractivity contribution >= 4 is 5.57 Å². The minimum Gasteiger partial charge on any atom is -0.369 e. The summed E-state index contributed by atoms with van der Waals surface area (Å²) in [6, 6.07) is 21.1. The van der Waals surface area contributed by atoms with E-state index in [0.717, 1.165) is 13.0 Å². The van der Waals surface area contributed by atoms with E-state index in [1.54, 1.807) is 0 Å². The Balaban J connectivity index is 1.81. The lowest BCUT2D eigenvalue weighted by molar-refractivity contribution is 0.124. The largest absolute Gasteiger partial charge is 0.369 e. The van der Waals surface area contributed by atoms with Gasteiger partial charge in [0.1, 0.15) is 0 Å². The Hall–Kier alpha value is -1.86. The summed E-state index contributed by atoms with van der Waals surface area (Å²) in [6.45, 7) is 2.93. The number of rotatable bonds is 3. The van der Waals surface area contributed by atoms with Gasteiger partial charge in [0.15, 0.2) is 0 Å². The fraction of sp³-hybridized carbons (Fsp3) is 0.222. The highest BCUT2D eigenvalue weighted by Crippen LogP contribution is 2.30. The molecular weight excluding hydrogens is 232 g/mol. The van der Waals surface area contributed by atoms with Crippen molar-refractivity contribution in [3.63, 3.8) is 0 Å². The van der Waals surface area contributed by atoms with Gasteiger partial charge in [-0.05, 0) is 29.2 Å². The molecule has 3 rings (SSSR count). The molecule has 1 nitrogen and oxygen atoms in total. The van der Waals surface area contributed by atoms with E-state index in [9.17, 15) is 0 Å². The van der Waals surface area contributed by atoms with E-state index in [-0.39, 0.29) is 6.10 Å². The molecule has 2 aromatic rings. The quantitative estimate of drug-likeness (QED) is 0.797. The lowest BCUT2D eigenvalue weighted by Gasteiger charge is -2.11. The van der Waals surface area contributed by atoms with Crippen LogP contribution in [0.4, 0.5) is 0 Å². The maximum Gasteiger partial charge on any atom is 0.0833 e. The third-order valence-electron chi connectivity index (χ3n) is 3.77. The highest BCUT2D eigenvalue weighted by molar-refractivity contribution is 5.71. The highest BCUT2D eigenvalue weighted by Gasteiger charge is 2.23. The number of hydrogen-bond donors (Lipinski definition) is 0. The Morgan fingerprint density at radius 1 is 0.947 bits per heavy atom. The Morgan fingerprint density at radius 3 is 2.26 bits per heavy atom. The molecule has 1 heterocycles. The first-order valence-electron chi connectivity index (χ1n) is 6.75. The number of benzene rings is 2. The lowest BCUT2D eigenvalue weighted by atomic mass is 9.97. The SMILES string of the molecule is CC1=C(c2ccccc2)COC1Cc1ccccc1. The van der Waals surface area contributed by atoms with Crippen LogP contribution in [0, 0.1) is 0 Å². The molecule has 2 aromatic carbocycles. The first kappa shape index (κ1) is 12.2. The van der Waals surface area contributed by atoms with Crippen molar-refractivity contribution in [1.82, 2.24) is 0 Å². The summed E-state index contributed by atoms with van der Waals surface area (Å²) < 4.78 is 5.96. The zero-order valence-corrected chi connectivity index (χ0v) is 11.2. The number of ether oxygens (including phenoxy) is 1. The predicted octanol–water partition coefficient (Wildman–Crippen LogP) is 4.10. The monoisotopic (exact) mass is 250 g/mol. The van der Waals surface area contributed by atoms with Crippen LogP contribution in [0.3, 0.4) is 0 Å². The molecule has 1 atom stereocenters. The van der Waals surface area contributed by atoms with Gasteiger partial charge in [-0.2, -0.15) is 0 Å². The smallest absolute Gasteiger partial charge is 0.0833 e. The molecule has 1 heteroatoms. The zero-order chi connectivity index (χ0) is 13.1. The van der Waals surface area contributed by atoms with Gasteiger partial charge in [-0.1, -0.05) is 60.7 Å². The van der Waals surface area contributed by atoms with Crippen molar-refractivity contribution in [3.8, 4) is 0 Å². The third kappa shape index (κ3) is 2.61. The molecular formula is C18H18O. The van der Waals surface area contributed by atoms with E-state index in [0.29, 0.717) is 0 Å². The molecule has 0 bridgehead atoms. The molecule has 0 radical (unpaired) electrons. The maximum absolute atomic E-state index is 5.96. The summed E-state index contributed by atoms with van der Waals surface area (Å²) in [7, 11) is 0. The Kier molecular flexibility index (Phi) is 3.47. The van der Waals surface area contributed by atoms with Crippen LogP contribution in [0.1, 0.15) is 18.1 Å². The molecule has 0 saturated heterocycles. The van der Waals surface area contributed by atoms with Crippen molar-refractivity contribution < 1.29 is 4.74 Å². The lowest BCUT2D eigenvalue weighted by Crippen LogP contribution is -2.12. The molecule has 0 fully saturated rings.